The highest BCUT2D eigenvalue weighted by Gasteiger charge is 2.22. The number of anilines is 1. The van der Waals surface area contributed by atoms with Crippen LogP contribution in [0.25, 0.3) is 22.3 Å². The van der Waals surface area contributed by atoms with Gasteiger partial charge in [-0.2, -0.15) is 10.2 Å². The summed E-state index contributed by atoms with van der Waals surface area (Å²) in [4.78, 5) is 44.4. The number of aliphatic imine (C=N–C) groups is 1. The molecule has 0 unspecified atom stereocenters. The van der Waals surface area contributed by atoms with Crippen molar-refractivity contribution >= 4 is 28.4 Å². The molecule has 0 radical (unpaired) electrons. The van der Waals surface area contributed by atoms with Gasteiger partial charge in [0.2, 0.25) is 5.95 Å². The Morgan fingerprint density at radius 1 is 1.00 bits per heavy atom. The fourth-order valence-corrected chi connectivity index (χ4v) is 4.53. The Bertz CT molecular complexity index is 1780. The number of nitrogens with one attached hydrogen (secondary N) is 1. The molecule has 1 atom stereocenters. The van der Waals surface area contributed by atoms with Gasteiger partial charge in [-0.3, -0.25) is 19.0 Å². The van der Waals surface area contributed by atoms with E-state index in [4.69, 9.17) is 0 Å². The average molecular weight is 510 g/mol. The first kappa shape index (κ1) is 23.3. The van der Waals surface area contributed by atoms with Gasteiger partial charge >= 0.3 is 5.69 Å². The van der Waals surface area contributed by atoms with Gasteiger partial charge in [0.25, 0.3) is 5.56 Å². The third-order valence-electron chi connectivity index (χ3n) is 6.34. The fraction of sp³-hybridized carbons (Fsp3) is 0.240. The van der Waals surface area contributed by atoms with Gasteiger partial charge in [0.1, 0.15) is 0 Å². The second-order valence-electron chi connectivity index (χ2n) is 9.08. The van der Waals surface area contributed by atoms with Crippen LogP contribution in [0.5, 0.6) is 0 Å². The number of nitrogens with zero attached hydrogens (tertiary/aromatic N) is 10. The molecular weight excluding hydrogens is 486 g/mol. The van der Waals surface area contributed by atoms with Crippen molar-refractivity contribution in [1.82, 2.24) is 44.1 Å². The summed E-state index contributed by atoms with van der Waals surface area (Å²) in [6, 6.07) is 5.13. The van der Waals surface area contributed by atoms with E-state index in [2.05, 4.69) is 40.6 Å². The lowest BCUT2D eigenvalue weighted by atomic mass is 10.2. The lowest BCUT2D eigenvalue weighted by Crippen LogP contribution is -2.38. The van der Waals surface area contributed by atoms with Gasteiger partial charge in [0.05, 0.1) is 52.8 Å². The molecule has 38 heavy (non-hydrogen) atoms. The predicted octanol–water partition coefficient (Wildman–Crippen LogP) is 1.90. The quantitative estimate of drug-likeness (QED) is 0.374. The maximum Gasteiger partial charge on any atom is 0.340 e. The molecule has 0 amide bonds. The summed E-state index contributed by atoms with van der Waals surface area (Å²) < 4.78 is 4.11. The Hall–Kier alpha value is -5.07. The van der Waals surface area contributed by atoms with Crippen LogP contribution >= 0.6 is 0 Å². The highest BCUT2D eigenvalue weighted by atomic mass is 16.2. The van der Waals surface area contributed by atoms with Crippen LogP contribution in [0, 0.1) is 6.92 Å². The summed E-state index contributed by atoms with van der Waals surface area (Å²) in [6.07, 6.45) is 11.9. The zero-order chi connectivity index (χ0) is 26.2. The van der Waals surface area contributed by atoms with E-state index in [0.29, 0.717) is 34.0 Å². The minimum Gasteiger partial charge on any atom is -0.350 e. The van der Waals surface area contributed by atoms with Gasteiger partial charge in [-0.1, -0.05) is 0 Å². The fourth-order valence-electron chi connectivity index (χ4n) is 4.53. The van der Waals surface area contributed by atoms with Gasteiger partial charge in [-0.05, 0) is 38.0 Å². The molecule has 0 saturated heterocycles. The van der Waals surface area contributed by atoms with Crippen molar-refractivity contribution < 1.29 is 0 Å². The Balaban J connectivity index is 1.30. The Morgan fingerprint density at radius 3 is 2.63 bits per heavy atom. The van der Waals surface area contributed by atoms with Gasteiger partial charge in [0.15, 0.2) is 5.82 Å². The first-order valence-electron chi connectivity index (χ1n) is 12.0. The van der Waals surface area contributed by atoms with Crippen LogP contribution in [0.1, 0.15) is 25.0 Å². The van der Waals surface area contributed by atoms with Gasteiger partial charge in [-0.15, -0.1) is 5.10 Å². The molecule has 0 aliphatic heterocycles. The molecule has 1 saturated carbocycles. The smallest absolute Gasteiger partial charge is 0.340 e. The van der Waals surface area contributed by atoms with E-state index < -0.39 is 11.2 Å². The summed E-state index contributed by atoms with van der Waals surface area (Å²) in [5.41, 5.74) is 2.04. The molecule has 13 heteroatoms. The first-order chi connectivity index (χ1) is 18.5. The Morgan fingerprint density at radius 2 is 1.89 bits per heavy atom. The monoisotopic (exact) mass is 509 g/mol. The molecule has 1 fully saturated rings. The molecule has 1 aliphatic rings. The van der Waals surface area contributed by atoms with Crippen molar-refractivity contribution in [3.05, 3.63) is 81.9 Å². The molecular formula is C25H23N11O2. The van der Waals surface area contributed by atoms with Gasteiger partial charge in [0, 0.05) is 37.6 Å². The summed E-state index contributed by atoms with van der Waals surface area (Å²) in [5, 5.41) is 15.9. The summed E-state index contributed by atoms with van der Waals surface area (Å²) in [6.45, 7) is 1.84. The number of aromatic nitrogens is 9. The van der Waals surface area contributed by atoms with Crippen LogP contribution in [0.15, 0.2) is 70.0 Å². The lowest BCUT2D eigenvalue weighted by Gasteiger charge is -2.12. The molecule has 0 spiro atoms. The molecule has 5 heterocycles. The maximum absolute atomic E-state index is 13.6. The van der Waals surface area contributed by atoms with E-state index in [9.17, 15) is 9.59 Å². The first-order valence-corrected chi connectivity index (χ1v) is 12.0. The van der Waals surface area contributed by atoms with Crippen LogP contribution < -0.4 is 16.6 Å². The molecule has 6 rings (SSSR count). The van der Waals surface area contributed by atoms with Crippen LogP contribution in [0.4, 0.5) is 11.8 Å². The van der Waals surface area contributed by atoms with Crippen LogP contribution in [-0.2, 0) is 7.05 Å². The normalized spacial score (nSPS) is 16.4. The van der Waals surface area contributed by atoms with Gasteiger partial charge in [-0.25, -0.2) is 24.3 Å². The highest BCUT2D eigenvalue weighted by Crippen LogP contribution is 2.22. The number of fused-ring (bicyclic) bond motifs is 1. The summed E-state index contributed by atoms with van der Waals surface area (Å²) in [7, 11) is 1.76. The summed E-state index contributed by atoms with van der Waals surface area (Å²) in [5.74, 6) is 1.00. The van der Waals surface area contributed by atoms with Crippen molar-refractivity contribution in [1.29, 1.82) is 0 Å². The van der Waals surface area contributed by atoms with Crippen molar-refractivity contribution in [2.75, 3.05) is 5.32 Å². The van der Waals surface area contributed by atoms with E-state index >= 15 is 0 Å². The van der Waals surface area contributed by atoms with Crippen LogP contribution in [0.3, 0.4) is 0 Å². The van der Waals surface area contributed by atoms with Crippen molar-refractivity contribution in [3.8, 4) is 11.4 Å². The van der Waals surface area contributed by atoms with E-state index in [1.807, 2.05) is 6.92 Å². The lowest BCUT2D eigenvalue weighted by molar-refractivity contribution is 0.743. The second kappa shape index (κ2) is 9.42. The van der Waals surface area contributed by atoms with E-state index in [1.54, 1.807) is 48.5 Å². The average Bonchev–Trinajstić information content (AvgIpc) is 3.55. The number of hydrogen-bond acceptors (Lipinski definition) is 10. The largest absolute Gasteiger partial charge is 0.350 e. The molecule has 5 aromatic heterocycles. The third-order valence-corrected chi connectivity index (χ3v) is 6.34. The zero-order valence-electron chi connectivity index (χ0n) is 20.7. The molecule has 1 aliphatic carbocycles. The highest BCUT2D eigenvalue weighted by molar-refractivity contribution is 5.89. The molecule has 0 bridgehead atoms. The zero-order valence-corrected chi connectivity index (χ0v) is 20.7. The number of aryl methyl sites for hydroxylation is 2. The molecule has 0 aromatic carbocycles. The van der Waals surface area contributed by atoms with E-state index in [0.717, 1.165) is 35.2 Å². The minimum absolute atomic E-state index is 0.161. The van der Waals surface area contributed by atoms with Crippen molar-refractivity contribution in [2.45, 2.75) is 32.2 Å². The molecule has 190 valence electrons. The molecule has 13 nitrogen and oxygen atoms in total. The number of pyridine rings is 2. The minimum atomic E-state index is -0.540. The standard InChI is InChI=1S/C25H23N11O2/c1-15-10-28-24(33-32-15)31-17-4-3-16(9-17)30-22-6-5-18(11-27-22)36-23(37)20-7-8-26-13-21(20)35(25(36)38)19-12-29-34(2)14-19/h5-8,10-14,17H,3-4,9H2,1-2H3,(H,28,31,33)/t17-/m0/s1. The Kier molecular flexibility index (Phi) is 5.79. The number of rotatable bonds is 5. The van der Waals surface area contributed by atoms with E-state index in [1.165, 1.54) is 23.2 Å². The molecule has 1 N–H and O–H groups in total. The SMILES string of the molecule is Cc1cnc(N[C@H]2CCC(=Nc3ccc(-n4c(=O)c5ccncc5n(-c5cnn(C)c5)c4=O)cn3)C2)nn1. The summed E-state index contributed by atoms with van der Waals surface area (Å²) >= 11 is 0. The predicted molar refractivity (Wildman–Crippen MR) is 140 cm³/mol. The van der Waals surface area contributed by atoms with Crippen LogP contribution in [0.2, 0.25) is 0 Å². The van der Waals surface area contributed by atoms with Crippen LogP contribution in [-0.4, -0.2) is 55.8 Å². The molecule has 5 aromatic rings. The van der Waals surface area contributed by atoms with Gasteiger partial charge < -0.3 is 5.32 Å². The van der Waals surface area contributed by atoms with Crippen molar-refractivity contribution in [3.63, 3.8) is 0 Å². The van der Waals surface area contributed by atoms with Crippen molar-refractivity contribution in [2.24, 2.45) is 12.0 Å². The Labute approximate surface area is 215 Å². The second-order valence-corrected chi connectivity index (χ2v) is 9.08. The third kappa shape index (κ3) is 4.34. The number of hydrogen-bond donors (Lipinski definition) is 1. The van der Waals surface area contributed by atoms with E-state index in [-0.39, 0.29) is 6.04 Å². The topological polar surface area (TPSA) is 151 Å². The maximum atomic E-state index is 13.6.